The lowest BCUT2D eigenvalue weighted by molar-refractivity contribution is -0.131. The van der Waals surface area contributed by atoms with Gasteiger partial charge in [0.2, 0.25) is 5.91 Å². The van der Waals surface area contributed by atoms with Gasteiger partial charge in [-0.15, -0.1) is 0 Å². The second-order valence-electron chi connectivity index (χ2n) is 6.47. The second kappa shape index (κ2) is 7.64. The highest BCUT2D eigenvalue weighted by Gasteiger charge is 2.26. The molecule has 1 aliphatic heterocycles. The molecule has 26 heavy (non-hydrogen) atoms. The minimum atomic E-state index is -0.666. The van der Waals surface area contributed by atoms with Crippen molar-refractivity contribution in [1.29, 1.82) is 0 Å². The Labute approximate surface area is 151 Å². The van der Waals surface area contributed by atoms with E-state index in [-0.39, 0.29) is 30.7 Å². The van der Waals surface area contributed by atoms with Crippen LogP contribution in [-0.4, -0.2) is 29.2 Å². The number of rotatable bonds is 5. The lowest BCUT2D eigenvalue weighted by atomic mass is 10.0. The summed E-state index contributed by atoms with van der Waals surface area (Å²) in [5, 5.41) is 4.12. The molecule has 1 unspecified atom stereocenters. The molecule has 0 aromatic heterocycles. The van der Waals surface area contributed by atoms with E-state index in [0.717, 1.165) is 22.9 Å². The van der Waals surface area contributed by atoms with E-state index in [1.165, 1.54) is 24.0 Å². The third kappa shape index (κ3) is 4.25. The first-order valence-corrected chi connectivity index (χ1v) is 8.41. The van der Waals surface area contributed by atoms with Gasteiger partial charge in [0.1, 0.15) is 11.6 Å². The van der Waals surface area contributed by atoms with Gasteiger partial charge in [-0.3, -0.25) is 4.79 Å². The Kier molecular flexibility index (Phi) is 5.30. The summed E-state index contributed by atoms with van der Waals surface area (Å²) in [4.78, 5) is 18.9. The normalized spacial score (nSPS) is 16.2. The maximum Gasteiger partial charge on any atom is 0.219 e. The van der Waals surface area contributed by atoms with Crippen molar-refractivity contribution in [3.63, 3.8) is 0 Å². The van der Waals surface area contributed by atoms with Crippen LogP contribution in [0.2, 0.25) is 0 Å². The van der Waals surface area contributed by atoms with E-state index >= 15 is 0 Å². The Morgan fingerprint density at radius 2 is 1.96 bits per heavy atom. The molecule has 3 rings (SSSR count). The standard InChI is InChI=1S/C20H20F2N2O2/c1-13-3-5-15(6-4-13)20-10-18(26-23-20)12-24(14(2)25)11-16-7-8-17(21)9-19(16)22/h3-9,18H,10-12H2,1-2H3. The summed E-state index contributed by atoms with van der Waals surface area (Å²) in [5.41, 5.74) is 3.23. The number of nitrogens with zero attached hydrogens (tertiary/aromatic N) is 2. The van der Waals surface area contributed by atoms with Gasteiger partial charge in [-0.25, -0.2) is 8.78 Å². The predicted molar refractivity (Wildman–Crippen MR) is 94.7 cm³/mol. The molecule has 0 saturated heterocycles. The summed E-state index contributed by atoms with van der Waals surface area (Å²) in [7, 11) is 0. The second-order valence-corrected chi connectivity index (χ2v) is 6.47. The first-order valence-electron chi connectivity index (χ1n) is 8.41. The molecule has 0 spiro atoms. The van der Waals surface area contributed by atoms with Crippen LogP contribution in [0.4, 0.5) is 8.78 Å². The molecule has 2 aromatic carbocycles. The Balaban J connectivity index is 1.64. The molecule has 136 valence electrons. The highest BCUT2D eigenvalue weighted by Crippen LogP contribution is 2.20. The first kappa shape index (κ1) is 18.0. The molecular formula is C20H20F2N2O2. The molecule has 0 fully saturated rings. The van der Waals surface area contributed by atoms with Gasteiger partial charge >= 0.3 is 0 Å². The number of hydrogen-bond donors (Lipinski definition) is 0. The van der Waals surface area contributed by atoms with Crippen molar-refractivity contribution in [1.82, 2.24) is 4.90 Å². The zero-order valence-corrected chi connectivity index (χ0v) is 14.7. The van der Waals surface area contributed by atoms with Crippen molar-refractivity contribution >= 4 is 11.6 Å². The zero-order valence-electron chi connectivity index (χ0n) is 14.7. The van der Waals surface area contributed by atoms with Crippen LogP contribution in [-0.2, 0) is 16.2 Å². The van der Waals surface area contributed by atoms with Gasteiger partial charge < -0.3 is 9.74 Å². The lowest BCUT2D eigenvalue weighted by Gasteiger charge is -2.23. The summed E-state index contributed by atoms with van der Waals surface area (Å²) in [6.45, 7) is 3.77. The van der Waals surface area contributed by atoms with Crippen molar-refractivity contribution in [3.05, 3.63) is 70.8 Å². The summed E-state index contributed by atoms with van der Waals surface area (Å²) in [5.74, 6) is -1.52. The van der Waals surface area contributed by atoms with Crippen molar-refractivity contribution in [3.8, 4) is 0 Å². The van der Waals surface area contributed by atoms with Gasteiger partial charge in [-0.1, -0.05) is 41.1 Å². The molecule has 2 aromatic rings. The maximum absolute atomic E-state index is 13.9. The van der Waals surface area contributed by atoms with Crippen molar-refractivity contribution in [2.24, 2.45) is 5.16 Å². The van der Waals surface area contributed by atoms with Gasteiger partial charge in [0.15, 0.2) is 6.10 Å². The minimum Gasteiger partial charge on any atom is -0.390 e. The molecule has 6 heteroatoms. The SMILES string of the molecule is CC(=O)N(Cc1ccc(F)cc1F)CC1CC(c2ccc(C)cc2)=NO1. The monoisotopic (exact) mass is 358 g/mol. The van der Waals surface area contributed by atoms with E-state index in [2.05, 4.69) is 5.16 Å². The van der Waals surface area contributed by atoms with Crippen LogP contribution in [0.25, 0.3) is 0 Å². The van der Waals surface area contributed by atoms with E-state index in [0.29, 0.717) is 6.42 Å². The van der Waals surface area contributed by atoms with Gasteiger partial charge in [0.05, 0.1) is 12.3 Å². The van der Waals surface area contributed by atoms with Crippen LogP contribution in [0.3, 0.4) is 0 Å². The maximum atomic E-state index is 13.9. The average molecular weight is 358 g/mol. The molecule has 4 nitrogen and oxygen atoms in total. The molecule has 0 aliphatic carbocycles. The van der Waals surface area contributed by atoms with Gasteiger partial charge in [0.25, 0.3) is 0 Å². The predicted octanol–water partition coefficient (Wildman–Crippen LogP) is 3.81. The quantitative estimate of drug-likeness (QED) is 0.815. The highest BCUT2D eigenvalue weighted by atomic mass is 19.1. The van der Waals surface area contributed by atoms with Crippen LogP contribution in [0.15, 0.2) is 47.6 Å². The molecule has 0 radical (unpaired) electrons. The molecule has 1 heterocycles. The van der Waals surface area contributed by atoms with Gasteiger partial charge in [0, 0.05) is 31.5 Å². The van der Waals surface area contributed by atoms with Gasteiger partial charge in [-0.2, -0.15) is 0 Å². The Morgan fingerprint density at radius 3 is 2.62 bits per heavy atom. The fourth-order valence-electron chi connectivity index (χ4n) is 2.85. The third-order valence-corrected chi connectivity index (χ3v) is 4.36. The fourth-order valence-corrected chi connectivity index (χ4v) is 2.85. The van der Waals surface area contributed by atoms with E-state index in [4.69, 9.17) is 4.84 Å². The number of benzene rings is 2. The van der Waals surface area contributed by atoms with Crippen molar-refractivity contribution < 1.29 is 18.4 Å². The number of hydrogen-bond acceptors (Lipinski definition) is 3. The Morgan fingerprint density at radius 1 is 1.23 bits per heavy atom. The molecular weight excluding hydrogens is 338 g/mol. The average Bonchev–Trinajstić information content (AvgIpc) is 3.05. The smallest absolute Gasteiger partial charge is 0.219 e. The summed E-state index contributed by atoms with van der Waals surface area (Å²) in [6.07, 6.45) is 0.275. The van der Waals surface area contributed by atoms with Gasteiger partial charge in [-0.05, 0) is 18.6 Å². The lowest BCUT2D eigenvalue weighted by Crippen LogP contribution is -2.36. The molecule has 1 aliphatic rings. The number of halogens is 2. The van der Waals surface area contributed by atoms with E-state index in [9.17, 15) is 13.6 Å². The molecule has 1 amide bonds. The summed E-state index contributed by atoms with van der Waals surface area (Å²) in [6, 6.07) is 11.3. The Bertz CT molecular complexity index is 834. The summed E-state index contributed by atoms with van der Waals surface area (Å²) >= 11 is 0. The molecule has 0 bridgehead atoms. The Hall–Kier alpha value is -2.76. The van der Waals surface area contributed by atoms with Crippen LogP contribution in [0.5, 0.6) is 0 Å². The number of oxime groups is 1. The van der Waals surface area contributed by atoms with Crippen LogP contribution >= 0.6 is 0 Å². The largest absolute Gasteiger partial charge is 0.390 e. The molecule has 0 N–H and O–H groups in total. The fraction of sp³-hybridized carbons (Fsp3) is 0.300. The zero-order chi connectivity index (χ0) is 18.7. The molecule has 1 atom stereocenters. The first-order chi connectivity index (χ1) is 12.4. The molecule has 0 saturated carbocycles. The number of carbonyl (C=O) groups is 1. The number of amides is 1. The van der Waals surface area contributed by atoms with Crippen molar-refractivity contribution in [2.75, 3.05) is 6.54 Å². The topological polar surface area (TPSA) is 41.9 Å². The van der Waals surface area contributed by atoms with Crippen LogP contribution in [0.1, 0.15) is 30.0 Å². The summed E-state index contributed by atoms with van der Waals surface area (Å²) < 4.78 is 26.9. The van der Waals surface area contributed by atoms with Crippen molar-refractivity contribution in [2.45, 2.75) is 32.9 Å². The third-order valence-electron chi connectivity index (χ3n) is 4.36. The van der Waals surface area contributed by atoms with E-state index in [1.54, 1.807) is 0 Å². The van der Waals surface area contributed by atoms with Crippen LogP contribution < -0.4 is 0 Å². The highest BCUT2D eigenvalue weighted by molar-refractivity contribution is 6.01. The minimum absolute atomic E-state index is 0.0567. The number of aryl methyl sites for hydroxylation is 1. The van der Waals surface area contributed by atoms with E-state index < -0.39 is 11.6 Å². The van der Waals surface area contributed by atoms with E-state index in [1.807, 2.05) is 31.2 Å². The number of carbonyl (C=O) groups excluding carboxylic acids is 1. The van der Waals surface area contributed by atoms with Crippen LogP contribution in [0, 0.1) is 18.6 Å².